The second-order valence-electron chi connectivity index (χ2n) is 5.39. The summed E-state index contributed by atoms with van der Waals surface area (Å²) in [4.78, 5) is 23.5. The molecule has 0 fully saturated rings. The number of imidazole rings is 1. The van der Waals surface area contributed by atoms with Crippen molar-refractivity contribution in [1.29, 1.82) is 0 Å². The molecular formula is C19H17N2O2+. The summed E-state index contributed by atoms with van der Waals surface area (Å²) >= 11 is 0. The molecule has 2 aromatic carbocycles. The van der Waals surface area contributed by atoms with Crippen molar-refractivity contribution in [2.24, 2.45) is 0 Å². The molecule has 0 aliphatic heterocycles. The van der Waals surface area contributed by atoms with Crippen LogP contribution in [0.25, 0.3) is 5.69 Å². The van der Waals surface area contributed by atoms with E-state index in [1.807, 2.05) is 70.3 Å². The lowest BCUT2D eigenvalue weighted by molar-refractivity contribution is -0.682. The monoisotopic (exact) mass is 305 g/mol. The molecule has 0 aliphatic carbocycles. The van der Waals surface area contributed by atoms with Crippen molar-refractivity contribution in [1.82, 2.24) is 4.57 Å². The number of carbonyl (C=O) groups excluding carboxylic acids is 2. The third-order valence-corrected chi connectivity index (χ3v) is 3.69. The van der Waals surface area contributed by atoms with Crippen molar-refractivity contribution in [2.45, 2.75) is 13.5 Å². The van der Waals surface area contributed by atoms with Crippen molar-refractivity contribution < 1.29 is 14.2 Å². The molecule has 0 radical (unpaired) electrons. The number of rotatable bonds is 5. The van der Waals surface area contributed by atoms with Crippen LogP contribution in [0.15, 0.2) is 73.3 Å². The summed E-state index contributed by atoms with van der Waals surface area (Å²) in [5.74, 6) is 0.118. The summed E-state index contributed by atoms with van der Waals surface area (Å²) in [5, 5.41) is 0. The van der Waals surface area contributed by atoms with Crippen LogP contribution in [0, 0.1) is 0 Å². The average Bonchev–Trinajstić information content (AvgIpc) is 3.04. The van der Waals surface area contributed by atoms with Gasteiger partial charge in [-0.2, -0.15) is 0 Å². The normalized spacial score (nSPS) is 10.5. The molecule has 23 heavy (non-hydrogen) atoms. The Balaban J connectivity index is 1.75. The van der Waals surface area contributed by atoms with Crippen LogP contribution < -0.4 is 4.57 Å². The fraction of sp³-hybridized carbons (Fsp3) is 0.105. The van der Waals surface area contributed by atoms with Gasteiger partial charge in [-0.1, -0.05) is 30.3 Å². The van der Waals surface area contributed by atoms with Gasteiger partial charge < -0.3 is 0 Å². The van der Waals surface area contributed by atoms with Gasteiger partial charge in [-0.05, 0) is 31.2 Å². The quantitative estimate of drug-likeness (QED) is 0.537. The van der Waals surface area contributed by atoms with E-state index in [4.69, 9.17) is 0 Å². The first-order chi connectivity index (χ1) is 11.1. The van der Waals surface area contributed by atoms with Gasteiger partial charge in [0.05, 0.1) is 0 Å². The molecule has 1 heterocycles. The van der Waals surface area contributed by atoms with Crippen molar-refractivity contribution in [3.05, 3.63) is 84.4 Å². The number of nitrogens with zero attached hydrogens (tertiary/aromatic N) is 2. The molecule has 0 spiro atoms. The van der Waals surface area contributed by atoms with Crippen LogP contribution >= 0.6 is 0 Å². The van der Waals surface area contributed by atoms with Gasteiger partial charge in [0.25, 0.3) is 0 Å². The minimum atomic E-state index is 0.0487. The fourth-order valence-corrected chi connectivity index (χ4v) is 2.39. The third kappa shape index (κ3) is 3.43. The highest BCUT2D eigenvalue weighted by molar-refractivity contribution is 5.95. The largest absolute Gasteiger partial charge is 0.295 e. The van der Waals surface area contributed by atoms with Crippen LogP contribution in [-0.2, 0) is 6.54 Å². The molecular weight excluding hydrogens is 288 g/mol. The number of hydrogen-bond donors (Lipinski definition) is 0. The van der Waals surface area contributed by atoms with Gasteiger partial charge in [-0.15, -0.1) is 0 Å². The summed E-state index contributed by atoms with van der Waals surface area (Å²) < 4.78 is 3.76. The van der Waals surface area contributed by atoms with Gasteiger partial charge in [-0.25, -0.2) is 9.13 Å². The van der Waals surface area contributed by atoms with Crippen molar-refractivity contribution >= 4 is 11.6 Å². The topological polar surface area (TPSA) is 43.0 Å². The molecule has 4 heteroatoms. The molecule has 0 aliphatic rings. The molecule has 0 N–H and O–H groups in total. The highest BCUT2D eigenvalue weighted by atomic mass is 16.1. The van der Waals surface area contributed by atoms with Crippen molar-refractivity contribution in [3.8, 4) is 5.69 Å². The van der Waals surface area contributed by atoms with Crippen LogP contribution in [0.1, 0.15) is 27.6 Å². The molecule has 0 unspecified atom stereocenters. The van der Waals surface area contributed by atoms with E-state index in [-0.39, 0.29) is 11.6 Å². The van der Waals surface area contributed by atoms with E-state index in [0.717, 1.165) is 5.69 Å². The number of ketones is 2. The first-order valence-electron chi connectivity index (χ1n) is 7.40. The van der Waals surface area contributed by atoms with E-state index in [2.05, 4.69) is 0 Å². The van der Waals surface area contributed by atoms with Gasteiger partial charge in [0.1, 0.15) is 18.1 Å². The average molecular weight is 305 g/mol. The smallest absolute Gasteiger partial charge is 0.249 e. The molecule has 0 saturated heterocycles. The van der Waals surface area contributed by atoms with Crippen molar-refractivity contribution in [2.75, 3.05) is 0 Å². The predicted molar refractivity (Wildman–Crippen MR) is 86.7 cm³/mol. The molecule has 0 atom stereocenters. The lowest BCUT2D eigenvalue weighted by atomic mass is 10.1. The summed E-state index contributed by atoms with van der Waals surface area (Å²) in [6.45, 7) is 1.84. The molecule has 0 bridgehead atoms. The zero-order valence-corrected chi connectivity index (χ0v) is 12.8. The Bertz CT molecular complexity index is 833. The van der Waals surface area contributed by atoms with Gasteiger partial charge in [0, 0.05) is 11.1 Å². The van der Waals surface area contributed by atoms with Gasteiger partial charge in [-0.3, -0.25) is 9.59 Å². The van der Waals surface area contributed by atoms with Crippen LogP contribution in [0.3, 0.4) is 0 Å². The number of carbonyl (C=O) groups is 2. The Morgan fingerprint density at radius 3 is 2.30 bits per heavy atom. The molecule has 0 amide bonds. The molecule has 3 rings (SSSR count). The zero-order valence-electron chi connectivity index (χ0n) is 12.8. The van der Waals surface area contributed by atoms with E-state index in [9.17, 15) is 9.59 Å². The van der Waals surface area contributed by atoms with Gasteiger partial charge in [0.15, 0.2) is 12.3 Å². The molecule has 1 aromatic heterocycles. The summed E-state index contributed by atoms with van der Waals surface area (Å²) in [5.41, 5.74) is 2.34. The van der Waals surface area contributed by atoms with Crippen LogP contribution in [0.5, 0.6) is 0 Å². The minimum absolute atomic E-state index is 0.0487. The Hall–Kier alpha value is -3.01. The summed E-state index contributed by atoms with van der Waals surface area (Å²) in [6, 6.07) is 16.6. The Labute approximate surface area is 134 Å². The molecule has 0 saturated carbocycles. The number of aromatic nitrogens is 2. The molecule has 4 nitrogen and oxygen atoms in total. The van der Waals surface area contributed by atoms with E-state index in [1.165, 1.54) is 0 Å². The number of Topliss-reactive ketones (excluding diaryl/α,β-unsaturated/α-hetero) is 2. The minimum Gasteiger partial charge on any atom is -0.295 e. The highest BCUT2D eigenvalue weighted by Gasteiger charge is 2.12. The first kappa shape index (κ1) is 14.9. The lowest BCUT2D eigenvalue weighted by Gasteiger charge is -1.99. The highest BCUT2D eigenvalue weighted by Crippen LogP contribution is 2.09. The third-order valence-electron chi connectivity index (χ3n) is 3.69. The Morgan fingerprint density at radius 2 is 1.65 bits per heavy atom. The van der Waals surface area contributed by atoms with Gasteiger partial charge >= 0.3 is 0 Å². The number of benzene rings is 2. The summed E-state index contributed by atoms with van der Waals surface area (Å²) in [7, 11) is 0. The Kier molecular flexibility index (Phi) is 4.15. The predicted octanol–water partition coefficient (Wildman–Crippen LogP) is 2.85. The van der Waals surface area contributed by atoms with E-state index < -0.39 is 0 Å². The maximum Gasteiger partial charge on any atom is 0.249 e. The SMILES string of the molecule is CC(=O)c1ccc(-n2cc[n+](CC(=O)c3ccccc3)c2)cc1. The molecule has 114 valence electrons. The molecule has 3 aromatic rings. The lowest BCUT2D eigenvalue weighted by Crippen LogP contribution is -2.35. The van der Waals surface area contributed by atoms with E-state index >= 15 is 0 Å². The maximum atomic E-state index is 12.2. The van der Waals surface area contributed by atoms with Crippen LogP contribution in [-0.4, -0.2) is 16.1 Å². The standard InChI is InChI=1S/C19H17N2O2/c1-15(22)16-7-9-18(10-8-16)21-12-11-20(14-21)13-19(23)17-5-3-2-4-6-17/h2-12,14H,13H2,1H3/q+1. The van der Waals surface area contributed by atoms with Gasteiger partial charge in [0.2, 0.25) is 12.1 Å². The maximum absolute atomic E-state index is 12.2. The van der Waals surface area contributed by atoms with E-state index in [1.54, 1.807) is 19.1 Å². The van der Waals surface area contributed by atoms with Crippen LogP contribution in [0.4, 0.5) is 0 Å². The Morgan fingerprint density at radius 1 is 0.957 bits per heavy atom. The summed E-state index contributed by atoms with van der Waals surface area (Å²) in [6.07, 6.45) is 5.62. The van der Waals surface area contributed by atoms with Crippen molar-refractivity contribution in [3.63, 3.8) is 0 Å². The second kappa shape index (κ2) is 6.40. The number of hydrogen-bond acceptors (Lipinski definition) is 2. The zero-order chi connectivity index (χ0) is 16.2. The fourth-order valence-electron chi connectivity index (χ4n) is 2.39. The van der Waals surface area contributed by atoms with Crippen LogP contribution in [0.2, 0.25) is 0 Å². The first-order valence-corrected chi connectivity index (χ1v) is 7.40. The van der Waals surface area contributed by atoms with E-state index in [0.29, 0.717) is 17.7 Å². The second-order valence-corrected chi connectivity index (χ2v) is 5.39.